The number of carbonyl (C=O) groups is 1. The Morgan fingerprint density at radius 2 is 1.80 bits per heavy atom. The van der Waals surface area contributed by atoms with E-state index in [1.165, 1.54) is 6.07 Å². The van der Waals surface area contributed by atoms with Crippen molar-refractivity contribution in [2.24, 2.45) is 5.73 Å². The lowest BCUT2D eigenvalue weighted by Gasteiger charge is -2.29. The molecule has 1 atom stereocenters. The van der Waals surface area contributed by atoms with Crippen LogP contribution in [0.2, 0.25) is 5.02 Å². The number of carbonyl (C=O) groups excluding carboxylic acids is 1. The van der Waals surface area contributed by atoms with Crippen molar-refractivity contribution in [3.8, 4) is 0 Å². The number of hydrogen-bond acceptors (Lipinski definition) is 2. The van der Waals surface area contributed by atoms with Crippen molar-refractivity contribution in [1.82, 2.24) is 0 Å². The molecule has 1 amide bonds. The molecule has 0 heterocycles. The van der Waals surface area contributed by atoms with Crippen LogP contribution in [0.25, 0.3) is 0 Å². The molecule has 0 saturated carbocycles. The fourth-order valence-electron chi connectivity index (χ4n) is 1.89. The van der Waals surface area contributed by atoms with E-state index in [-0.39, 0.29) is 5.69 Å². The lowest BCUT2D eigenvalue weighted by atomic mass is 9.91. The smallest absolute Gasteiger partial charge is 0.247 e. The number of benzene rings is 2. The maximum atomic E-state index is 13.7. The molecular formula is C15H14ClFN2O. The van der Waals surface area contributed by atoms with E-state index in [0.717, 1.165) is 0 Å². The molecule has 104 valence electrons. The molecule has 0 aliphatic rings. The topological polar surface area (TPSA) is 55.1 Å². The molecule has 0 radical (unpaired) electrons. The summed E-state index contributed by atoms with van der Waals surface area (Å²) < 4.78 is 13.7. The minimum Gasteiger partial charge on any atom is -0.367 e. The van der Waals surface area contributed by atoms with Crippen LogP contribution in [0, 0.1) is 5.82 Å². The predicted octanol–water partition coefficient (Wildman–Crippen LogP) is 3.29. The summed E-state index contributed by atoms with van der Waals surface area (Å²) in [5.41, 5.74) is 5.07. The minimum absolute atomic E-state index is 0.212. The van der Waals surface area contributed by atoms with Gasteiger partial charge >= 0.3 is 0 Å². The summed E-state index contributed by atoms with van der Waals surface area (Å²) in [6.07, 6.45) is 0. The molecule has 3 nitrogen and oxygen atoms in total. The lowest BCUT2D eigenvalue weighted by Crippen LogP contribution is -2.45. The van der Waals surface area contributed by atoms with Gasteiger partial charge in [-0.2, -0.15) is 0 Å². The first-order valence-corrected chi connectivity index (χ1v) is 6.40. The van der Waals surface area contributed by atoms with Gasteiger partial charge in [0, 0.05) is 5.02 Å². The fourth-order valence-corrected chi connectivity index (χ4v) is 2.02. The van der Waals surface area contributed by atoms with Crippen LogP contribution in [0.15, 0.2) is 48.5 Å². The van der Waals surface area contributed by atoms with E-state index >= 15 is 0 Å². The molecule has 0 fully saturated rings. The van der Waals surface area contributed by atoms with E-state index in [1.807, 2.05) is 0 Å². The molecule has 0 aliphatic heterocycles. The van der Waals surface area contributed by atoms with Crippen molar-refractivity contribution >= 4 is 23.2 Å². The molecule has 0 spiro atoms. The van der Waals surface area contributed by atoms with Gasteiger partial charge < -0.3 is 11.1 Å². The molecule has 0 aromatic heterocycles. The van der Waals surface area contributed by atoms with Crippen molar-refractivity contribution in [1.29, 1.82) is 0 Å². The van der Waals surface area contributed by atoms with Gasteiger partial charge in [0.15, 0.2) is 0 Å². The zero-order chi connectivity index (χ0) is 14.8. The SMILES string of the molecule is CC(Nc1ccccc1F)(C(N)=O)c1ccc(Cl)cc1. The van der Waals surface area contributed by atoms with Crippen molar-refractivity contribution in [3.05, 3.63) is 64.9 Å². The number of anilines is 1. The van der Waals surface area contributed by atoms with E-state index in [2.05, 4.69) is 5.32 Å². The zero-order valence-electron chi connectivity index (χ0n) is 10.9. The van der Waals surface area contributed by atoms with Crippen molar-refractivity contribution < 1.29 is 9.18 Å². The number of nitrogens with one attached hydrogen (secondary N) is 1. The van der Waals surface area contributed by atoms with Crippen LogP contribution in [0.5, 0.6) is 0 Å². The van der Waals surface area contributed by atoms with Gasteiger partial charge in [-0.1, -0.05) is 35.9 Å². The van der Waals surface area contributed by atoms with Crippen LogP contribution in [0.3, 0.4) is 0 Å². The highest BCUT2D eigenvalue weighted by Crippen LogP contribution is 2.28. The molecule has 0 bridgehead atoms. The number of primary amides is 1. The van der Waals surface area contributed by atoms with Crippen LogP contribution < -0.4 is 11.1 Å². The molecule has 2 aromatic rings. The van der Waals surface area contributed by atoms with E-state index in [0.29, 0.717) is 10.6 Å². The molecular weight excluding hydrogens is 279 g/mol. The second kappa shape index (κ2) is 5.51. The Kier molecular flexibility index (Phi) is 3.95. The maximum Gasteiger partial charge on any atom is 0.247 e. The Labute approximate surface area is 121 Å². The van der Waals surface area contributed by atoms with Gasteiger partial charge in [0.2, 0.25) is 5.91 Å². The van der Waals surface area contributed by atoms with Crippen molar-refractivity contribution in [3.63, 3.8) is 0 Å². The third kappa shape index (κ3) is 2.75. The number of hydrogen-bond donors (Lipinski definition) is 2. The van der Waals surface area contributed by atoms with Gasteiger partial charge in [-0.05, 0) is 36.8 Å². The van der Waals surface area contributed by atoms with Gasteiger partial charge in [0.1, 0.15) is 11.4 Å². The Bertz CT molecular complexity index is 630. The number of nitrogens with two attached hydrogens (primary N) is 1. The molecule has 20 heavy (non-hydrogen) atoms. The zero-order valence-corrected chi connectivity index (χ0v) is 11.6. The van der Waals surface area contributed by atoms with Crippen molar-refractivity contribution in [2.45, 2.75) is 12.5 Å². The van der Waals surface area contributed by atoms with Gasteiger partial charge in [-0.3, -0.25) is 4.79 Å². The molecule has 0 saturated heterocycles. The highest BCUT2D eigenvalue weighted by atomic mass is 35.5. The van der Waals surface area contributed by atoms with Crippen LogP contribution in [0.4, 0.5) is 10.1 Å². The van der Waals surface area contributed by atoms with Gasteiger partial charge in [-0.25, -0.2) is 4.39 Å². The van der Waals surface area contributed by atoms with E-state index in [9.17, 15) is 9.18 Å². The highest BCUT2D eigenvalue weighted by Gasteiger charge is 2.33. The Morgan fingerprint density at radius 3 is 2.35 bits per heavy atom. The maximum absolute atomic E-state index is 13.7. The van der Waals surface area contributed by atoms with Gasteiger partial charge in [-0.15, -0.1) is 0 Å². The normalized spacial score (nSPS) is 13.6. The third-order valence-corrected chi connectivity index (χ3v) is 3.42. The summed E-state index contributed by atoms with van der Waals surface area (Å²) in [6, 6.07) is 12.8. The minimum atomic E-state index is -1.23. The predicted molar refractivity (Wildman–Crippen MR) is 78.0 cm³/mol. The molecule has 3 N–H and O–H groups in total. The summed E-state index contributed by atoms with van der Waals surface area (Å²) in [4.78, 5) is 11.8. The molecule has 5 heteroatoms. The molecule has 1 unspecified atom stereocenters. The Balaban J connectivity index is 2.43. The van der Waals surface area contributed by atoms with Crippen LogP contribution in [-0.2, 0) is 10.3 Å². The fraction of sp³-hybridized carbons (Fsp3) is 0.133. The third-order valence-electron chi connectivity index (χ3n) is 3.17. The van der Waals surface area contributed by atoms with Crippen LogP contribution in [0.1, 0.15) is 12.5 Å². The molecule has 2 aromatic carbocycles. The Hall–Kier alpha value is -2.07. The number of amides is 1. The second-order valence-electron chi connectivity index (χ2n) is 4.60. The van der Waals surface area contributed by atoms with Gasteiger partial charge in [0.05, 0.1) is 5.69 Å². The number of rotatable bonds is 4. The summed E-state index contributed by atoms with van der Waals surface area (Å²) in [5, 5.41) is 3.41. The summed E-state index contributed by atoms with van der Waals surface area (Å²) >= 11 is 5.83. The largest absolute Gasteiger partial charge is 0.367 e. The van der Waals surface area contributed by atoms with Crippen LogP contribution >= 0.6 is 11.6 Å². The first kappa shape index (κ1) is 14.3. The standard InChI is InChI=1S/C15H14ClFN2O/c1-15(14(18)20,10-6-8-11(16)9-7-10)19-13-5-3-2-4-12(13)17/h2-9,19H,1H3,(H2,18,20). The van der Waals surface area contributed by atoms with Crippen molar-refractivity contribution in [2.75, 3.05) is 5.32 Å². The summed E-state index contributed by atoms with van der Waals surface area (Å²) in [5.74, 6) is -1.06. The summed E-state index contributed by atoms with van der Waals surface area (Å²) in [6.45, 7) is 1.60. The monoisotopic (exact) mass is 292 g/mol. The average molecular weight is 293 g/mol. The lowest BCUT2D eigenvalue weighted by molar-refractivity contribution is -0.122. The highest BCUT2D eigenvalue weighted by molar-refractivity contribution is 6.30. The quantitative estimate of drug-likeness (QED) is 0.908. The first-order chi connectivity index (χ1) is 9.43. The van der Waals surface area contributed by atoms with E-state index in [4.69, 9.17) is 17.3 Å². The molecule has 2 rings (SSSR count). The average Bonchev–Trinajstić information content (AvgIpc) is 2.42. The Morgan fingerprint density at radius 1 is 1.20 bits per heavy atom. The molecule has 0 aliphatic carbocycles. The number of halogens is 2. The summed E-state index contributed by atoms with van der Waals surface area (Å²) in [7, 11) is 0. The second-order valence-corrected chi connectivity index (χ2v) is 5.04. The first-order valence-electron chi connectivity index (χ1n) is 6.02. The van der Waals surface area contributed by atoms with Gasteiger partial charge in [0.25, 0.3) is 0 Å². The van der Waals surface area contributed by atoms with E-state index < -0.39 is 17.3 Å². The van der Waals surface area contributed by atoms with Crippen LogP contribution in [-0.4, -0.2) is 5.91 Å². The number of para-hydroxylation sites is 1. The van der Waals surface area contributed by atoms with E-state index in [1.54, 1.807) is 49.4 Å².